The molecule has 17 nitrogen and oxygen atoms in total. The van der Waals surface area contributed by atoms with Crippen LogP contribution in [0.1, 0.15) is 370 Å². The standard InChI is InChI=1S/C77H146O17P2/c1-8-10-11-12-13-14-15-16-17-22-27-32-37-46-53-60-76(81)94-73(65-88-75(80)59-52-45-40-39-42-49-56-69(5)6)67-92-96(85,86)90-63-71(78)62-89-95(83,84)91-66-72(93-77(82)61-54-47-38-33-28-23-24-29-34-41-48-55-68(3)4)64-87-74(79)58-51-44-36-31-26-21-19-18-20-25-30-35-43-50-57-70(7)9-2/h14-17,68-73,78H,8-13,18-67H2,1-7H3,(H,83,84)(H,85,86)/b15-14-,17-16-/t70?,71-,72-,73-/m1/s1. The zero-order valence-electron chi connectivity index (χ0n) is 62.3. The van der Waals surface area contributed by atoms with Crippen molar-refractivity contribution in [2.75, 3.05) is 39.6 Å². The van der Waals surface area contributed by atoms with Crippen LogP contribution in [0.25, 0.3) is 0 Å². The van der Waals surface area contributed by atoms with Crippen molar-refractivity contribution in [1.82, 2.24) is 0 Å². The normalized spacial score (nSPS) is 14.5. The Morgan fingerprint density at radius 3 is 0.927 bits per heavy atom. The largest absolute Gasteiger partial charge is 0.472 e. The van der Waals surface area contributed by atoms with Gasteiger partial charge < -0.3 is 33.8 Å². The molecule has 0 aliphatic rings. The topological polar surface area (TPSA) is 237 Å². The van der Waals surface area contributed by atoms with E-state index in [0.29, 0.717) is 31.6 Å². The van der Waals surface area contributed by atoms with E-state index in [1.807, 2.05) is 0 Å². The summed E-state index contributed by atoms with van der Waals surface area (Å²) in [6, 6.07) is 0. The van der Waals surface area contributed by atoms with E-state index in [1.54, 1.807) is 0 Å². The van der Waals surface area contributed by atoms with Crippen LogP contribution in [0.2, 0.25) is 0 Å². The summed E-state index contributed by atoms with van der Waals surface area (Å²) in [5, 5.41) is 10.6. The molecule has 0 saturated heterocycles. The van der Waals surface area contributed by atoms with Crippen LogP contribution in [-0.4, -0.2) is 96.7 Å². The first-order valence-electron chi connectivity index (χ1n) is 39.2. The van der Waals surface area contributed by atoms with Gasteiger partial charge in [0, 0.05) is 25.7 Å². The molecule has 0 amide bonds. The predicted molar refractivity (Wildman–Crippen MR) is 390 cm³/mol. The van der Waals surface area contributed by atoms with Crippen LogP contribution in [0.5, 0.6) is 0 Å². The highest BCUT2D eigenvalue weighted by molar-refractivity contribution is 7.47. The summed E-state index contributed by atoms with van der Waals surface area (Å²) >= 11 is 0. The number of phosphoric acid groups is 2. The van der Waals surface area contributed by atoms with Gasteiger partial charge in [-0.2, -0.15) is 0 Å². The first-order chi connectivity index (χ1) is 46.3. The molecule has 0 aliphatic heterocycles. The number of aliphatic hydroxyl groups is 1. The second kappa shape index (κ2) is 67.1. The lowest BCUT2D eigenvalue weighted by Crippen LogP contribution is -2.30. The molecular weight excluding hydrogens is 1260 g/mol. The van der Waals surface area contributed by atoms with Crippen LogP contribution >= 0.6 is 15.6 Å². The zero-order valence-corrected chi connectivity index (χ0v) is 64.1. The maximum Gasteiger partial charge on any atom is 0.472 e. The van der Waals surface area contributed by atoms with E-state index in [1.165, 1.54) is 161 Å². The number of unbranched alkanes of at least 4 members (excludes halogenated alkanes) is 37. The van der Waals surface area contributed by atoms with Crippen molar-refractivity contribution < 1.29 is 80.2 Å². The molecule has 96 heavy (non-hydrogen) atoms. The second-order valence-electron chi connectivity index (χ2n) is 28.3. The first kappa shape index (κ1) is 93.5. The van der Waals surface area contributed by atoms with Gasteiger partial charge in [-0.3, -0.25) is 37.3 Å². The molecule has 0 aliphatic carbocycles. The van der Waals surface area contributed by atoms with Gasteiger partial charge in [0.15, 0.2) is 12.2 Å². The fraction of sp³-hybridized carbons (Fsp3) is 0.896. The Balaban J connectivity index is 5.26. The van der Waals surface area contributed by atoms with Crippen molar-refractivity contribution in [3.63, 3.8) is 0 Å². The quantitative estimate of drug-likeness (QED) is 0.0169. The Bertz CT molecular complexity index is 1970. The molecule has 0 spiro atoms. The Labute approximate surface area is 586 Å². The molecule has 6 atom stereocenters. The van der Waals surface area contributed by atoms with Crippen LogP contribution in [0, 0.1) is 17.8 Å². The number of hydrogen-bond acceptors (Lipinski definition) is 15. The van der Waals surface area contributed by atoms with Crippen molar-refractivity contribution in [3.8, 4) is 0 Å². The molecule has 0 radical (unpaired) electrons. The lowest BCUT2D eigenvalue weighted by atomic mass is 9.99. The predicted octanol–water partition coefficient (Wildman–Crippen LogP) is 22.1. The molecule has 0 fully saturated rings. The van der Waals surface area contributed by atoms with Gasteiger partial charge in [-0.15, -0.1) is 0 Å². The number of rotatable bonds is 73. The molecule has 0 bridgehead atoms. The summed E-state index contributed by atoms with van der Waals surface area (Å²) < 4.78 is 68.5. The third kappa shape index (κ3) is 68.7. The number of allylic oxidation sites excluding steroid dienone is 4. The van der Waals surface area contributed by atoms with E-state index in [4.69, 9.17) is 37.0 Å². The molecule has 3 N–H and O–H groups in total. The highest BCUT2D eigenvalue weighted by Crippen LogP contribution is 2.45. The molecule has 3 unspecified atom stereocenters. The first-order valence-corrected chi connectivity index (χ1v) is 42.2. The average molecular weight is 1410 g/mol. The maximum absolute atomic E-state index is 13.1. The number of ether oxygens (including phenoxy) is 4. The van der Waals surface area contributed by atoms with Gasteiger partial charge in [-0.1, -0.05) is 317 Å². The third-order valence-electron chi connectivity index (χ3n) is 17.6. The minimum absolute atomic E-state index is 0.0837. The molecule has 0 aromatic rings. The monoisotopic (exact) mass is 1410 g/mol. The molecule has 0 heterocycles. The van der Waals surface area contributed by atoms with Gasteiger partial charge in [0.1, 0.15) is 19.3 Å². The number of esters is 4. The number of aliphatic hydroxyl groups excluding tert-OH is 1. The molecule has 19 heteroatoms. The number of hydrogen-bond donors (Lipinski definition) is 3. The van der Waals surface area contributed by atoms with E-state index in [0.717, 1.165) is 121 Å². The van der Waals surface area contributed by atoms with Crippen LogP contribution in [0.15, 0.2) is 24.3 Å². The highest BCUT2D eigenvalue weighted by atomic mass is 31.2. The fourth-order valence-corrected chi connectivity index (χ4v) is 12.8. The highest BCUT2D eigenvalue weighted by Gasteiger charge is 2.30. The van der Waals surface area contributed by atoms with E-state index in [9.17, 15) is 43.2 Å². The van der Waals surface area contributed by atoms with Gasteiger partial charge in [0.05, 0.1) is 26.4 Å². The van der Waals surface area contributed by atoms with E-state index in [2.05, 4.69) is 72.8 Å². The van der Waals surface area contributed by atoms with Gasteiger partial charge in [0.25, 0.3) is 0 Å². The minimum atomic E-state index is -4.96. The molecule has 0 saturated carbocycles. The number of carbonyl (C=O) groups is 4. The lowest BCUT2D eigenvalue weighted by molar-refractivity contribution is -0.161. The molecule has 0 rings (SSSR count). The summed E-state index contributed by atoms with van der Waals surface area (Å²) in [6.45, 7) is 11.8. The van der Waals surface area contributed by atoms with Gasteiger partial charge in [0.2, 0.25) is 0 Å². The number of carbonyl (C=O) groups excluding carboxylic acids is 4. The van der Waals surface area contributed by atoms with Crippen molar-refractivity contribution in [3.05, 3.63) is 24.3 Å². The Kier molecular flexibility index (Phi) is 65.3. The smallest absolute Gasteiger partial charge is 0.462 e. The van der Waals surface area contributed by atoms with Crippen LogP contribution in [0.3, 0.4) is 0 Å². The number of phosphoric ester groups is 2. The Hall–Kier alpha value is -2.46. The van der Waals surface area contributed by atoms with Crippen LogP contribution in [-0.2, 0) is 65.4 Å². The summed E-state index contributed by atoms with van der Waals surface area (Å²) in [5.74, 6) is 0.139. The van der Waals surface area contributed by atoms with Gasteiger partial charge in [-0.25, -0.2) is 9.13 Å². The molecule has 566 valence electrons. The Morgan fingerprint density at radius 2 is 0.615 bits per heavy atom. The van der Waals surface area contributed by atoms with Crippen LogP contribution < -0.4 is 0 Å². The van der Waals surface area contributed by atoms with E-state index in [-0.39, 0.29) is 25.7 Å². The van der Waals surface area contributed by atoms with Crippen molar-refractivity contribution in [2.45, 2.75) is 388 Å². The summed E-state index contributed by atoms with van der Waals surface area (Å²) in [4.78, 5) is 72.8. The summed E-state index contributed by atoms with van der Waals surface area (Å²) in [5.41, 5.74) is 0. The summed E-state index contributed by atoms with van der Waals surface area (Å²) in [7, 11) is -9.93. The molecule has 0 aromatic carbocycles. The van der Waals surface area contributed by atoms with Crippen molar-refractivity contribution in [2.24, 2.45) is 17.8 Å². The molecular formula is C77H146O17P2. The van der Waals surface area contributed by atoms with Gasteiger partial charge in [-0.05, 0) is 69.1 Å². The Morgan fingerprint density at radius 1 is 0.344 bits per heavy atom. The third-order valence-corrected chi connectivity index (χ3v) is 19.5. The van der Waals surface area contributed by atoms with Crippen molar-refractivity contribution >= 4 is 39.5 Å². The zero-order chi connectivity index (χ0) is 70.9. The SMILES string of the molecule is CCCCCC/C=C\C=C/CCCCCCCC(=O)O[C@H](COC(=O)CCCCCCCCC(C)C)COP(=O)(O)OC[C@H](O)COP(=O)(O)OC[C@@H](COC(=O)CCCCCCCCCCCCCCCCC(C)CC)OC(=O)CCCCCCCCCCCCCC(C)C. The van der Waals surface area contributed by atoms with Crippen LogP contribution in [0.4, 0.5) is 0 Å². The lowest BCUT2D eigenvalue weighted by Gasteiger charge is -2.21. The minimum Gasteiger partial charge on any atom is -0.462 e. The second-order valence-corrected chi connectivity index (χ2v) is 31.2. The van der Waals surface area contributed by atoms with E-state index >= 15 is 0 Å². The maximum atomic E-state index is 13.1. The van der Waals surface area contributed by atoms with Crippen molar-refractivity contribution in [1.29, 1.82) is 0 Å². The fourth-order valence-electron chi connectivity index (χ4n) is 11.2. The molecule has 0 aromatic heterocycles. The van der Waals surface area contributed by atoms with E-state index < -0.39 is 97.5 Å². The average Bonchev–Trinajstić information content (AvgIpc) is 1.92. The van der Waals surface area contributed by atoms with Gasteiger partial charge >= 0.3 is 39.5 Å². The summed E-state index contributed by atoms with van der Waals surface area (Å²) in [6.07, 6.45) is 56.4.